The second-order valence-corrected chi connectivity index (χ2v) is 12.0. The zero-order valence-electron chi connectivity index (χ0n) is 25.6. The Hall–Kier alpha value is -6.59. The molecule has 0 amide bonds. The van der Waals surface area contributed by atoms with E-state index in [0.29, 0.717) is 17.5 Å². The summed E-state index contributed by atoms with van der Waals surface area (Å²) < 4.78 is 12.4. The molecule has 0 bridgehead atoms. The van der Waals surface area contributed by atoms with E-state index in [4.69, 9.17) is 23.8 Å². The fourth-order valence-corrected chi connectivity index (χ4v) is 6.96. The number of furan rings is 2. The molecule has 3 heterocycles. The molecule has 5 heteroatoms. The smallest absolute Gasteiger partial charge is 0.164 e. The fourth-order valence-electron chi connectivity index (χ4n) is 6.96. The highest BCUT2D eigenvalue weighted by Gasteiger charge is 2.19. The number of benzene rings is 7. The third kappa shape index (κ3) is 4.15. The molecule has 3 aromatic heterocycles. The van der Waals surface area contributed by atoms with Gasteiger partial charge in [-0.3, -0.25) is 0 Å². The lowest BCUT2D eigenvalue weighted by Crippen LogP contribution is -2.00. The van der Waals surface area contributed by atoms with Crippen LogP contribution in [0.5, 0.6) is 0 Å². The Morgan fingerprint density at radius 3 is 1.60 bits per heavy atom. The second-order valence-electron chi connectivity index (χ2n) is 12.0. The maximum atomic E-state index is 6.22. The van der Waals surface area contributed by atoms with Crippen molar-refractivity contribution >= 4 is 54.6 Å². The molecule has 10 rings (SSSR count). The summed E-state index contributed by atoms with van der Waals surface area (Å²) in [5, 5.41) is 6.43. The quantitative estimate of drug-likeness (QED) is 0.197. The van der Waals surface area contributed by atoms with E-state index in [1.54, 1.807) is 0 Å². The average molecular weight is 616 g/mol. The Morgan fingerprint density at radius 1 is 0.333 bits per heavy atom. The average Bonchev–Trinajstić information content (AvgIpc) is 3.73. The Bertz CT molecular complexity index is 2850. The minimum atomic E-state index is 0.600. The number of rotatable bonds is 4. The highest BCUT2D eigenvalue weighted by Crippen LogP contribution is 2.40. The first-order valence-corrected chi connectivity index (χ1v) is 15.9. The molecule has 0 saturated heterocycles. The number of hydrogen-bond donors (Lipinski definition) is 0. The molecule has 224 valence electrons. The summed E-state index contributed by atoms with van der Waals surface area (Å²) in [6.07, 6.45) is 0. The predicted molar refractivity (Wildman–Crippen MR) is 194 cm³/mol. The zero-order valence-corrected chi connectivity index (χ0v) is 25.6. The summed E-state index contributed by atoms with van der Waals surface area (Å²) in [5.41, 5.74) is 8.44. The van der Waals surface area contributed by atoms with E-state index in [9.17, 15) is 0 Å². The van der Waals surface area contributed by atoms with Gasteiger partial charge in [-0.15, -0.1) is 0 Å². The lowest BCUT2D eigenvalue weighted by molar-refractivity contribution is 0.668. The van der Waals surface area contributed by atoms with Crippen molar-refractivity contribution in [2.45, 2.75) is 0 Å². The normalized spacial score (nSPS) is 11.8. The zero-order chi connectivity index (χ0) is 31.6. The lowest BCUT2D eigenvalue weighted by Gasteiger charge is -2.12. The third-order valence-corrected chi connectivity index (χ3v) is 9.15. The van der Waals surface area contributed by atoms with Gasteiger partial charge in [-0.05, 0) is 52.2 Å². The van der Waals surface area contributed by atoms with Crippen molar-refractivity contribution < 1.29 is 8.83 Å². The summed E-state index contributed by atoms with van der Waals surface area (Å²) in [4.78, 5) is 15.3. The van der Waals surface area contributed by atoms with E-state index >= 15 is 0 Å². The van der Waals surface area contributed by atoms with Crippen molar-refractivity contribution in [3.63, 3.8) is 0 Å². The minimum absolute atomic E-state index is 0.600. The van der Waals surface area contributed by atoms with Crippen LogP contribution in [0.3, 0.4) is 0 Å². The van der Waals surface area contributed by atoms with Gasteiger partial charge >= 0.3 is 0 Å². The molecule has 0 aliphatic rings. The van der Waals surface area contributed by atoms with Crippen LogP contribution in [0.2, 0.25) is 0 Å². The molecule has 48 heavy (non-hydrogen) atoms. The van der Waals surface area contributed by atoms with E-state index in [1.807, 2.05) is 78.9 Å². The number of aromatic nitrogens is 3. The maximum Gasteiger partial charge on any atom is 0.164 e. The molecule has 0 atom stereocenters. The molecule has 7 aromatic carbocycles. The second kappa shape index (κ2) is 10.5. The van der Waals surface area contributed by atoms with Gasteiger partial charge in [0.2, 0.25) is 0 Å². The first-order chi connectivity index (χ1) is 23.8. The topological polar surface area (TPSA) is 65.0 Å². The van der Waals surface area contributed by atoms with Crippen LogP contribution < -0.4 is 0 Å². The molecular formula is C43H25N3O2. The molecule has 0 saturated carbocycles. The van der Waals surface area contributed by atoms with Crippen molar-refractivity contribution in [1.29, 1.82) is 0 Å². The van der Waals surface area contributed by atoms with Gasteiger partial charge in [0.15, 0.2) is 17.5 Å². The van der Waals surface area contributed by atoms with Crippen LogP contribution in [-0.4, -0.2) is 15.0 Å². The van der Waals surface area contributed by atoms with Crippen molar-refractivity contribution in [2.75, 3.05) is 0 Å². The molecule has 0 aliphatic heterocycles. The van der Waals surface area contributed by atoms with Crippen LogP contribution in [0.1, 0.15) is 0 Å². The van der Waals surface area contributed by atoms with Crippen LogP contribution in [-0.2, 0) is 0 Å². The molecular weight excluding hydrogens is 590 g/mol. The Kier molecular flexibility index (Phi) is 5.81. The number of para-hydroxylation sites is 2. The number of fused-ring (bicyclic) bond motifs is 7. The summed E-state index contributed by atoms with van der Waals surface area (Å²) >= 11 is 0. The van der Waals surface area contributed by atoms with Gasteiger partial charge in [-0.2, -0.15) is 0 Å². The van der Waals surface area contributed by atoms with E-state index in [-0.39, 0.29) is 0 Å². The van der Waals surface area contributed by atoms with Crippen molar-refractivity contribution in [3.8, 4) is 45.3 Å². The van der Waals surface area contributed by atoms with Crippen LogP contribution in [0.15, 0.2) is 160 Å². The van der Waals surface area contributed by atoms with Crippen LogP contribution >= 0.6 is 0 Å². The summed E-state index contributed by atoms with van der Waals surface area (Å²) in [5.74, 6) is 1.83. The van der Waals surface area contributed by atoms with Crippen molar-refractivity contribution in [3.05, 3.63) is 152 Å². The van der Waals surface area contributed by atoms with Gasteiger partial charge in [-0.25, -0.2) is 15.0 Å². The van der Waals surface area contributed by atoms with Gasteiger partial charge in [0.05, 0.1) is 0 Å². The Labute approximate surface area is 274 Å². The first kappa shape index (κ1) is 26.6. The highest BCUT2D eigenvalue weighted by molar-refractivity contribution is 6.14. The molecule has 0 spiro atoms. The predicted octanol–water partition coefficient (Wildman–Crippen LogP) is 11.5. The molecule has 5 nitrogen and oxygen atoms in total. The Morgan fingerprint density at radius 2 is 0.875 bits per heavy atom. The van der Waals surface area contributed by atoms with E-state index in [0.717, 1.165) is 82.5 Å². The molecule has 10 aromatic rings. The highest BCUT2D eigenvalue weighted by atomic mass is 16.3. The summed E-state index contributed by atoms with van der Waals surface area (Å²) in [6.45, 7) is 0. The third-order valence-electron chi connectivity index (χ3n) is 9.15. The fraction of sp³-hybridized carbons (Fsp3) is 0. The van der Waals surface area contributed by atoms with Gasteiger partial charge in [0.1, 0.15) is 22.3 Å². The molecule has 0 N–H and O–H groups in total. The van der Waals surface area contributed by atoms with E-state index in [1.165, 1.54) is 0 Å². The first-order valence-electron chi connectivity index (χ1n) is 15.9. The summed E-state index contributed by atoms with van der Waals surface area (Å²) in [6, 6.07) is 51.6. The van der Waals surface area contributed by atoms with Gasteiger partial charge in [-0.1, -0.05) is 121 Å². The monoisotopic (exact) mass is 615 g/mol. The summed E-state index contributed by atoms with van der Waals surface area (Å²) in [7, 11) is 0. The SMILES string of the molecule is c1ccc(-c2nc(-c3cccc4cc(-c5cccc6oc7ccccc7c56)ccc34)nc(-c3cccc4oc5ccccc5c34)n2)cc1. The maximum absolute atomic E-state index is 6.22. The molecule has 0 fully saturated rings. The van der Waals surface area contributed by atoms with Crippen LogP contribution in [0, 0.1) is 0 Å². The van der Waals surface area contributed by atoms with Crippen molar-refractivity contribution in [2.24, 2.45) is 0 Å². The van der Waals surface area contributed by atoms with E-state index in [2.05, 4.69) is 72.8 Å². The van der Waals surface area contributed by atoms with E-state index < -0.39 is 0 Å². The van der Waals surface area contributed by atoms with Crippen LogP contribution in [0.4, 0.5) is 0 Å². The number of hydrogen-bond acceptors (Lipinski definition) is 5. The standard InChI is InChI=1S/C43H25N3O2/c1-2-11-26(12-3-1)41-44-42(46-43(45-41)34-18-10-22-38-40(34)33-15-5-7-20-36(33)48-38)31-17-8-13-27-25-28(23-24-29(27)31)30-16-9-21-37-39(30)32-14-4-6-19-35(32)47-37/h1-25H. The van der Waals surface area contributed by atoms with Gasteiger partial charge < -0.3 is 8.83 Å². The molecule has 0 radical (unpaired) electrons. The molecule has 0 aliphatic carbocycles. The number of nitrogens with zero attached hydrogens (tertiary/aromatic N) is 3. The van der Waals surface area contributed by atoms with Crippen molar-refractivity contribution in [1.82, 2.24) is 15.0 Å². The van der Waals surface area contributed by atoms with Gasteiger partial charge in [0.25, 0.3) is 0 Å². The van der Waals surface area contributed by atoms with Gasteiger partial charge in [0, 0.05) is 38.2 Å². The molecule has 0 unspecified atom stereocenters. The minimum Gasteiger partial charge on any atom is -0.456 e. The largest absolute Gasteiger partial charge is 0.456 e. The van der Waals surface area contributed by atoms with Crippen LogP contribution in [0.25, 0.3) is 99.9 Å². The Balaban J connectivity index is 1.18. The lowest BCUT2D eigenvalue weighted by atomic mass is 9.95.